The molecule has 0 radical (unpaired) electrons. The van der Waals surface area contributed by atoms with E-state index >= 15 is 0 Å². The second-order valence-corrected chi connectivity index (χ2v) is 12.7. The first-order valence-corrected chi connectivity index (χ1v) is 11.4. The molecule has 21 heavy (non-hydrogen) atoms. The predicted molar refractivity (Wildman–Crippen MR) is 87.3 cm³/mol. The van der Waals surface area contributed by atoms with Crippen molar-refractivity contribution in [2.45, 2.75) is 45.4 Å². The first kappa shape index (κ1) is 16.4. The Labute approximate surface area is 134 Å². The van der Waals surface area contributed by atoms with Crippen LogP contribution in [0.5, 0.6) is 0 Å². The molecule has 116 valence electrons. The Morgan fingerprint density at radius 3 is 2.71 bits per heavy atom. The smallest absolute Gasteiger partial charge is 0.268 e. The minimum atomic E-state index is -1.41. The van der Waals surface area contributed by atoms with Crippen LogP contribution in [0.2, 0.25) is 19.6 Å². The van der Waals surface area contributed by atoms with Crippen LogP contribution in [0, 0.1) is 0 Å². The van der Waals surface area contributed by atoms with E-state index in [2.05, 4.69) is 47.8 Å². The number of hydrogen-bond acceptors (Lipinski definition) is 3. The molecule has 0 aromatic carbocycles. The Hall–Kier alpha value is -0.923. The quantitative estimate of drug-likeness (QED) is 0.826. The minimum Gasteiger partial charge on any atom is -0.361 e. The molecule has 5 nitrogen and oxygen atoms in total. The van der Waals surface area contributed by atoms with Gasteiger partial charge in [0.25, 0.3) is 5.91 Å². The monoisotopic (exact) mass is 372 g/mol. The van der Waals surface area contributed by atoms with E-state index in [-0.39, 0.29) is 24.1 Å². The number of ether oxygens (including phenoxy) is 1. The van der Waals surface area contributed by atoms with Gasteiger partial charge in [-0.15, -0.1) is 0 Å². The normalized spacial score (nSPS) is 17.2. The third kappa shape index (κ3) is 3.46. The second-order valence-electron chi connectivity index (χ2n) is 6.39. The van der Waals surface area contributed by atoms with Crippen molar-refractivity contribution in [3.8, 4) is 0 Å². The van der Waals surface area contributed by atoms with Gasteiger partial charge in [0.15, 0.2) is 5.78 Å². The van der Waals surface area contributed by atoms with Gasteiger partial charge in [-0.2, -0.15) is 0 Å². The average Bonchev–Trinajstić information content (AvgIpc) is 2.64. The number of Topliss-reactive ketones (excluding diaryl/α,β-unsaturated/α-hetero) is 1. The highest BCUT2D eigenvalue weighted by atomic mass is 79.9. The minimum absolute atomic E-state index is 0.0129. The number of hydrogen-bond donors (Lipinski definition) is 1. The Balaban J connectivity index is 2.29. The third-order valence-corrected chi connectivity index (χ3v) is 7.14. The summed E-state index contributed by atoms with van der Waals surface area (Å²) in [5.41, 5.74) is 1.03. The zero-order valence-corrected chi connectivity index (χ0v) is 15.4. The summed E-state index contributed by atoms with van der Waals surface area (Å²) in [6, 6.07) is 1.71. The van der Waals surface area contributed by atoms with Crippen molar-refractivity contribution in [1.29, 1.82) is 0 Å². The molecular weight excluding hydrogens is 352 g/mol. The molecule has 2 rings (SSSR count). The number of aromatic nitrogens is 1. The standard InChI is InChI=1S/C14H21BrN2O3Si/c1-9(21(2,3)4)20-8-17-12(15)7-10-11(18)5-6-16-14(19)13(10)17/h7,9H,5-6,8H2,1-4H3,(H,16,19). The number of nitrogens with zero attached hydrogens (tertiary/aromatic N) is 1. The number of rotatable bonds is 4. The number of ketones is 1. The van der Waals surface area contributed by atoms with E-state index < -0.39 is 8.07 Å². The lowest BCUT2D eigenvalue weighted by molar-refractivity contribution is 0.0527. The van der Waals surface area contributed by atoms with Crippen LogP contribution in [0.4, 0.5) is 0 Å². The van der Waals surface area contributed by atoms with Crippen molar-refractivity contribution in [3.63, 3.8) is 0 Å². The Bertz CT molecular complexity index is 578. The molecule has 0 saturated heterocycles. The molecule has 1 aliphatic heterocycles. The van der Waals surface area contributed by atoms with Gasteiger partial charge in [0.2, 0.25) is 0 Å². The van der Waals surface area contributed by atoms with Gasteiger partial charge < -0.3 is 14.6 Å². The molecule has 1 aromatic rings. The topological polar surface area (TPSA) is 60.3 Å². The summed E-state index contributed by atoms with van der Waals surface area (Å²) in [5.74, 6) is -0.230. The number of amides is 1. The van der Waals surface area contributed by atoms with Crippen molar-refractivity contribution in [3.05, 3.63) is 21.9 Å². The molecule has 0 saturated carbocycles. The molecule has 0 spiro atoms. The van der Waals surface area contributed by atoms with E-state index in [4.69, 9.17) is 4.74 Å². The van der Waals surface area contributed by atoms with E-state index in [0.29, 0.717) is 28.8 Å². The van der Waals surface area contributed by atoms with Crippen molar-refractivity contribution in [2.75, 3.05) is 6.54 Å². The fourth-order valence-electron chi connectivity index (χ4n) is 2.05. The maximum atomic E-state index is 12.2. The molecule has 1 aliphatic rings. The summed E-state index contributed by atoms with van der Waals surface area (Å²) < 4.78 is 8.35. The highest BCUT2D eigenvalue weighted by Gasteiger charge is 2.28. The highest BCUT2D eigenvalue weighted by Crippen LogP contribution is 2.25. The lowest BCUT2D eigenvalue weighted by Crippen LogP contribution is -2.38. The molecular formula is C14H21BrN2O3Si. The van der Waals surface area contributed by atoms with Crippen LogP contribution in [-0.2, 0) is 11.5 Å². The van der Waals surface area contributed by atoms with Crippen molar-refractivity contribution < 1.29 is 14.3 Å². The summed E-state index contributed by atoms with van der Waals surface area (Å²) in [6.07, 6.45) is 0.335. The average molecular weight is 373 g/mol. The lowest BCUT2D eigenvalue weighted by atomic mass is 10.1. The van der Waals surface area contributed by atoms with Gasteiger partial charge in [-0.3, -0.25) is 9.59 Å². The molecule has 1 atom stereocenters. The van der Waals surface area contributed by atoms with Gasteiger partial charge in [0.05, 0.1) is 12.7 Å². The summed E-state index contributed by atoms with van der Waals surface area (Å²) in [7, 11) is -1.41. The van der Waals surface area contributed by atoms with E-state index in [1.165, 1.54) is 0 Å². The maximum Gasteiger partial charge on any atom is 0.268 e. The first-order chi connectivity index (χ1) is 9.71. The Kier molecular flexibility index (Phi) is 4.75. The maximum absolute atomic E-state index is 12.2. The van der Waals surface area contributed by atoms with E-state index in [9.17, 15) is 9.59 Å². The van der Waals surface area contributed by atoms with Crippen molar-refractivity contribution in [1.82, 2.24) is 9.88 Å². The number of halogens is 1. The van der Waals surface area contributed by atoms with Gasteiger partial charge in [-0.05, 0) is 28.9 Å². The second kappa shape index (κ2) is 6.06. The largest absolute Gasteiger partial charge is 0.361 e. The summed E-state index contributed by atoms with van der Waals surface area (Å²) in [4.78, 5) is 24.2. The number of carbonyl (C=O) groups is 2. The van der Waals surface area contributed by atoms with Crippen LogP contribution in [0.15, 0.2) is 10.7 Å². The molecule has 0 bridgehead atoms. The van der Waals surface area contributed by atoms with Crippen LogP contribution in [0.1, 0.15) is 34.2 Å². The van der Waals surface area contributed by atoms with Crippen LogP contribution >= 0.6 is 15.9 Å². The Morgan fingerprint density at radius 2 is 2.10 bits per heavy atom. The SMILES string of the molecule is CC(OCn1c(Br)cc2c1C(=O)NCCC2=O)[Si](C)(C)C. The van der Waals surface area contributed by atoms with Gasteiger partial charge >= 0.3 is 0 Å². The lowest BCUT2D eigenvalue weighted by Gasteiger charge is -2.26. The predicted octanol–water partition coefficient (Wildman–Crippen LogP) is 2.81. The Morgan fingerprint density at radius 1 is 1.43 bits per heavy atom. The van der Waals surface area contributed by atoms with Crippen molar-refractivity contribution >= 4 is 35.7 Å². The van der Waals surface area contributed by atoms with E-state index in [0.717, 1.165) is 0 Å². The first-order valence-electron chi connectivity index (χ1n) is 7.04. The number of fused-ring (bicyclic) bond motifs is 1. The zero-order valence-electron chi connectivity index (χ0n) is 12.8. The summed E-state index contributed by atoms with van der Waals surface area (Å²) in [5, 5.41) is 2.75. The third-order valence-electron chi connectivity index (χ3n) is 3.87. The zero-order chi connectivity index (χ0) is 15.8. The van der Waals surface area contributed by atoms with Crippen molar-refractivity contribution in [2.24, 2.45) is 0 Å². The van der Waals surface area contributed by atoms with Gasteiger partial charge in [0, 0.05) is 24.3 Å². The number of carbonyl (C=O) groups excluding carboxylic acids is 2. The molecule has 0 fully saturated rings. The van der Waals surface area contributed by atoms with Crippen LogP contribution in [0.25, 0.3) is 0 Å². The summed E-state index contributed by atoms with van der Waals surface area (Å²) in [6.45, 7) is 9.42. The molecule has 7 heteroatoms. The number of nitrogens with one attached hydrogen (secondary N) is 1. The van der Waals surface area contributed by atoms with Gasteiger partial charge in [-0.1, -0.05) is 19.6 Å². The highest BCUT2D eigenvalue weighted by molar-refractivity contribution is 9.10. The van der Waals surface area contributed by atoms with E-state index in [1.807, 2.05) is 0 Å². The molecule has 1 N–H and O–H groups in total. The van der Waals surface area contributed by atoms with Gasteiger partial charge in [-0.25, -0.2) is 0 Å². The molecule has 1 aromatic heterocycles. The molecule has 2 heterocycles. The molecule has 0 aliphatic carbocycles. The molecule has 1 amide bonds. The molecule has 1 unspecified atom stereocenters. The van der Waals surface area contributed by atoms with Crippen LogP contribution < -0.4 is 5.32 Å². The fraction of sp³-hybridized carbons (Fsp3) is 0.571. The van der Waals surface area contributed by atoms with E-state index in [1.54, 1.807) is 10.6 Å². The van der Waals surface area contributed by atoms with Crippen LogP contribution in [-0.4, -0.2) is 36.6 Å². The van der Waals surface area contributed by atoms with Crippen LogP contribution in [0.3, 0.4) is 0 Å². The summed E-state index contributed by atoms with van der Waals surface area (Å²) >= 11 is 3.42. The fourth-order valence-corrected chi connectivity index (χ4v) is 3.13. The van der Waals surface area contributed by atoms with Gasteiger partial charge in [0.1, 0.15) is 12.4 Å².